The summed E-state index contributed by atoms with van der Waals surface area (Å²) in [4.78, 5) is 14.6. The van der Waals surface area contributed by atoms with Gasteiger partial charge in [-0.15, -0.1) is 0 Å². The molecule has 0 radical (unpaired) electrons. The number of nitrogens with one attached hydrogen (secondary N) is 2. The molecule has 24 heavy (non-hydrogen) atoms. The fraction of sp³-hybridized carbons (Fsp3) is 0.588. The minimum absolute atomic E-state index is 0.0422. The molecule has 132 valence electrons. The Morgan fingerprint density at radius 2 is 2.00 bits per heavy atom. The van der Waals surface area contributed by atoms with Gasteiger partial charge in [0.15, 0.2) is 0 Å². The predicted octanol–water partition coefficient (Wildman–Crippen LogP) is 0.917. The number of sulfonamides is 1. The van der Waals surface area contributed by atoms with Crippen molar-refractivity contribution in [2.75, 3.05) is 32.4 Å². The van der Waals surface area contributed by atoms with Crippen molar-refractivity contribution < 1.29 is 13.2 Å². The predicted molar refractivity (Wildman–Crippen MR) is 93.6 cm³/mol. The summed E-state index contributed by atoms with van der Waals surface area (Å²) in [5, 5.41) is 3.35. The number of likely N-dealkylation sites (tertiary alicyclic amines) is 1. The number of hydrogen-bond acceptors (Lipinski definition) is 4. The summed E-state index contributed by atoms with van der Waals surface area (Å²) in [6.45, 7) is 3.17. The van der Waals surface area contributed by atoms with Crippen molar-refractivity contribution in [3.8, 4) is 0 Å². The summed E-state index contributed by atoms with van der Waals surface area (Å²) >= 11 is 0. The van der Waals surface area contributed by atoms with E-state index in [1.165, 1.54) is 11.8 Å². The molecule has 7 heteroatoms. The number of rotatable bonds is 4. The van der Waals surface area contributed by atoms with E-state index in [9.17, 15) is 13.2 Å². The maximum absolute atomic E-state index is 12.7. The molecular formula is C17H25N3O3S. The van der Waals surface area contributed by atoms with E-state index < -0.39 is 10.0 Å². The second kappa shape index (κ2) is 7.21. The molecule has 2 saturated heterocycles. The maximum atomic E-state index is 12.7. The standard InChI is InChI=1S/C17H25N3O3S/c1-24(22,23)19-16-6-9-20(10-7-16)17(21)14-4-2-3-13(11-14)15-5-8-18-12-15/h2-4,11,15-16,18-19H,5-10,12H2,1H3/t15-/m1/s1. The average molecular weight is 351 g/mol. The summed E-state index contributed by atoms with van der Waals surface area (Å²) < 4.78 is 25.2. The zero-order valence-electron chi connectivity index (χ0n) is 14.0. The smallest absolute Gasteiger partial charge is 0.253 e. The van der Waals surface area contributed by atoms with Gasteiger partial charge in [-0.1, -0.05) is 12.1 Å². The second-order valence-electron chi connectivity index (χ2n) is 6.77. The number of benzene rings is 1. The molecule has 1 atom stereocenters. The number of piperidine rings is 1. The molecule has 0 bridgehead atoms. The zero-order valence-corrected chi connectivity index (χ0v) is 14.8. The van der Waals surface area contributed by atoms with Crippen LogP contribution in [-0.2, 0) is 10.0 Å². The molecule has 1 aromatic rings. The van der Waals surface area contributed by atoms with Crippen LogP contribution in [0.15, 0.2) is 24.3 Å². The van der Waals surface area contributed by atoms with Crippen LogP contribution in [0, 0.1) is 0 Å². The molecule has 2 aliphatic heterocycles. The monoisotopic (exact) mass is 351 g/mol. The van der Waals surface area contributed by atoms with Crippen LogP contribution < -0.4 is 10.0 Å². The highest BCUT2D eigenvalue weighted by Gasteiger charge is 2.26. The van der Waals surface area contributed by atoms with Crippen LogP contribution in [0.25, 0.3) is 0 Å². The first-order valence-corrected chi connectivity index (χ1v) is 10.4. The van der Waals surface area contributed by atoms with Crippen LogP contribution in [0.5, 0.6) is 0 Å². The van der Waals surface area contributed by atoms with E-state index in [1.54, 1.807) is 0 Å². The van der Waals surface area contributed by atoms with E-state index in [4.69, 9.17) is 0 Å². The van der Waals surface area contributed by atoms with Crippen molar-refractivity contribution in [3.05, 3.63) is 35.4 Å². The molecule has 0 aliphatic carbocycles. The highest BCUT2D eigenvalue weighted by Crippen LogP contribution is 2.24. The molecule has 0 aromatic heterocycles. The van der Waals surface area contributed by atoms with Crippen LogP contribution in [0.4, 0.5) is 0 Å². The van der Waals surface area contributed by atoms with Gasteiger partial charge in [0.05, 0.1) is 6.26 Å². The van der Waals surface area contributed by atoms with Crippen molar-refractivity contribution in [3.63, 3.8) is 0 Å². The summed E-state index contributed by atoms with van der Waals surface area (Å²) in [6.07, 6.45) is 3.60. The van der Waals surface area contributed by atoms with Crippen molar-refractivity contribution in [2.24, 2.45) is 0 Å². The first kappa shape index (κ1) is 17.4. The lowest BCUT2D eigenvalue weighted by Crippen LogP contribution is -2.46. The lowest BCUT2D eigenvalue weighted by Gasteiger charge is -2.32. The summed E-state index contributed by atoms with van der Waals surface area (Å²) in [5.74, 6) is 0.531. The van der Waals surface area contributed by atoms with Gasteiger partial charge in [-0.05, 0) is 49.4 Å². The SMILES string of the molecule is CS(=O)(=O)NC1CCN(C(=O)c2cccc([C@@H]3CCNC3)c2)CC1. The van der Waals surface area contributed by atoms with E-state index in [1.807, 2.05) is 23.1 Å². The van der Waals surface area contributed by atoms with Gasteiger partial charge in [-0.3, -0.25) is 4.79 Å². The lowest BCUT2D eigenvalue weighted by molar-refractivity contribution is 0.0711. The average Bonchev–Trinajstić information content (AvgIpc) is 3.08. The summed E-state index contributed by atoms with van der Waals surface area (Å²) in [5.41, 5.74) is 1.95. The molecule has 6 nitrogen and oxygen atoms in total. The minimum Gasteiger partial charge on any atom is -0.339 e. The molecule has 1 aromatic carbocycles. The molecule has 0 unspecified atom stereocenters. The van der Waals surface area contributed by atoms with Crippen molar-refractivity contribution >= 4 is 15.9 Å². The van der Waals surface area contributed by atoms with Crippen molar-refractivity contribution in [2.45, 2.75) is 31.2 Å². The van der Waals surface area contributed by atoms with Gasteiger partial charge in [0.1, 0.15) is 0 Å². The Hall–Kier alpha value is -1.44. The third-order valence-corrected chi connectivity index (χ3v) is 5.59. The maximum Gasteiger partial charge on any atom is 0.253 e. The molecule has 0 spiro atoms. The Morgan fingerprint density at radius 3 is 2.62 bits per heavy atom. The molecule has 3 rings (SSSR count). The van der Waals surface area contributed by atoms with E-state index >= 15 is 0 Å². The Morgan fingerprint density at radius 1 is 1.25 bits per heavy atom. The number of carbonyl (C=O) groups is 1. The van der Waals surface area contributed by atoms with Crippen LogP contribution in [0.2, 0.25) is 0 Å². The molecule has 2 N–H and O–H groups in total. The van der Waals surface area contributed by atoms with Gasteiger partial charge in [0, 0.05) is 31.2 Å². The summed E-state index contributed by atoms with van der Waals surface area (Å²) in [7, 11) is -3.19. The normalized spacial score (nSPS) is 22.7. The molecular weight excluding hydrogens is 326 g/mol. The largest absolute Gasteiger partial charge is 0.339 e. The number of amides is 1. The van der Waals surface area contributed by atoms with Gasteiger partial charge < -0.3 is 10.2 Å². The molecule has 2 heterocycles. The van der Waals surface area contributed by atoms with Crippen molar-refractivity contribution in [1.29, 1.82) is 0 Å². The van der Waals surface area contributed by atoms with Gasteiger partial charge in [0.2, 0.25) is 10.0 Å². The van der Waals surface area contributed by atoms with Crippen LogP contribution in [-0.4, -0.2) is 57.7 Å². The van der Waals surface area contributed by atoms with Crippen LogP contribution in [0.1, 0.15) is 41.1 Å². The van der Waals surface area contributed by atoms with E-state index in [2.05, 4.69) is 16.1 Å². The first-order chi connectivity index (χ1) is 11.4. The Bertz CT molecular complexity index is 691. The third-order valence-electron chi connectivity index (χ3n) is 4.83. The van der Waals surface area contributed by atoms with E-state index in [0.29, 0.717) is 31.8 Å². The Balaban J connectivity index is 1.62. The van der Waals surface area contributed by atoms with Crippen LogP contribution >= 0.6 is 0 Å². The highest BCUT2D eigenvalue weighted by molar-refractivity contribution is 7.88. The molecule has 2 fully saturated rings. The van der Waals surface area contributed by atoms with Gasteiger partial charge in [0.25, 0.3) is 5.91 Å². The third kappa shape index (κ3) is 4.34. The van der Waals surface area contributed by atoms with Crippen molar-refractivity contribution in [1.82, 2.24) is 14.9 Å². The fourth-order valence-corrected chi connectivity index (χ4v) is 4.39. The van der Waals surface area contributed by atoms with Crippen LogP contribution in [0.3, 0.4) is 0 Å². The molecule has 0 saturated carbocycles. The van der Waals surface area contributed by atoms with Gasteiger partial charge in [-0.2, -0.15) is 0 Å². The minimum atomic E-state index is -3.19. The van der Waals surface area contributed by atoms with Gasteiger partial charge >= 0.3 is 0 Å². The highest BCUT2D eigenvalue weighted by atomic mass is 32.2. The lowest BCUT2D eigenvalue weighted by atomic mass is 9.96. The Labute approximate surface area is 143 Å². The molecule has 1 amide bonds. The number of hydrogen-bond donors (Lipinski definition) is 2. The fourth-order valence-electron chi connectivity index (χ4n) is 3.55. The van der Waals surface area contributed by atoms with E-state index in [0.717, 1.165) is 25.1 Å². The first-order valence-electron chi connectivity index (χ1n) is 8.49. The Kier molecular flexibility index (Phi) is 5.22. The van der Waals surface area contributed by atoms with E-state index in [-0.39, 0.29) is 11.9 Å². The summed E-state index contributed by atoms with van der Waals surface area (Å²) in [6, 6.07) is 7.87. The van der Waals surface area contributed by atoms with Gasteiger partial charge in [-0.25, -0.2) is 13.1 Å². The zero-order chi connectivity index (χ0) is 17.2. The second-order valence-corrected chi connectivity index (χ2v) is 8.55. The number of nitrogens with zero attached hydrogens (tertiary/aromatic N) is 1. The molecule has 2 aliphatic rings. The number of carbonyl (C=O) groups excluding carboxylic acids is 1. The topological polar surface area (TPSA) is 78.5 Å². The quantitative estimate of drug-likeness (QED) is 0.845.